The number of carbonyl (C=O) groups is 1. The molecular weight excluding hydrogens is 350 g/mol. The van der Waals surface area contributed by atoms with Crippen LogP contribution in [-0.2, 0) is 9.53 Å². The van der Waals surface area contributed by atoms with Gasteiger partial charge in [-0.3, -0.25) is 4.79 Å². The van der Waals surface area contributed by atoms with Gasteiger partial charge in [0.1, 0.15) is 12.0 Å². The van der Waals surface area contributed by atoms with E-state index < -0.39 is 5.92 Å². The van der Waals surface area contributed by atoms with Gasteiger partial charge in [-0.25, -0.2) is 0 Å². The van der Waals surface area contributed by atoms with Crippen LogP contribution in [0, 0.1) is 0 Å². The third-order valence-corrected chi connectivity index (χ3v) is 6.52. The molecule has 1 N–H and O–H groups in total. The van der Waals surface area contributed by atoms with Crippen molar-refractivity contribution in [1.29, 1.82) is 0 Å². The van der Waals surface area contributed by atoms with Crippen molar-refractivity contribution >= 4 is 5.97 Å². The molecule has 0 radical (unpaired) electrons. The number of aliphatic hydroxyl groups excluding tert-OH is 1. The number of piperidine rings is 1. The van der Waals surface area contributed by atoms with Crippen molar-refractivity contribution in [3.63, 3.8) is 0 Å². The number of halogens is 1. The first-order valence-corrected chi connectivity index (χ1v) is 9.79. The Morgan fingerprint density at radius 3 is 2.38 bits per heavy atom. The smallest absolute Gasteiger partial charge is 0.316 e. The van der Waals surface area contributed by atoms with Gasteiger partial charge in [0.05, 0.1) is 32.3 Å². The molecule has 146 valence electrons. The minimum Gasteiger partial charge on any atom is -1.00 e. The van der Waals surface area contributed by atoms with E-state index in [0.29, 0.717) is 12.1 Å². The normalized spacial score (nSPS) is 31.1. The number of nitrogens with zero attached hydrogens (tertiary/aromatic N) is 1. The molecule has 0 aromatic heterocycles. The first kappa shape index (κ1) is 21.2. The standard InChI is InChI=1S/C21H32NO3.ClH/c1-3-4-12-22(2)17-10-11-18(22)14-19(13-17)25-21(24)20(15-23)16-8-6-5-7-9-16;/h5-9,17-20,23H,3-4,10-15H2,1-2H3;1H/q+1;/p-1/t17-,18+,19?,20-,22?;/m1./s1. The molecule has 2 aliphatic heterocycles. The van der Waals surface area contributed by atoms with Crippen molar-refractivity contribution in [1.82, 2.24) is 0 Å². The second-order valence-corrected chi connectivity index (χ2v) is 7.99. The van der Waals surface area contributed by atoms with Crippen molar-refractivity contribution in [2.24, 2.45) is 0 Å². The van der Waals surface area contributed by atoms with Gasteiger partial charge in [-0.15, -0.1) is 0 Å². The van der Waals surface area contributed by atoms with Crippen LogP contribution in [-0.4, -0.2) is 53.9 Å². The van der Waals surface area contributed by atoms with E-state index in [1.165, 1.54) is 36.7 Å². The Morgan fingerprint density at radius 2 is 1.85 bits per heavy atom. The van der Waals surface area contributed by atoms with Crippen LogP contribution in [0.25, 0.3) is 0 Å². The summed E-state index contributed by atoms with van der Waals surface area (Å²) in [4.78, 5) is 12.6. The summed E-state index contributed by atoms with van der Waals surface area (Å²) in [6, 6.07) is 10.7. The van der Waals surface area contributed by atoms with Crippen LogP contribution in [0.15, 0.2) is 30.3 Å². The van der Waals surface area contributed by atoms with E-state index in [9.17, 15) is 9.90 Å². The van der Waals surface area contributed by atoms with Crippen LogP contribution in [0.3, 0.4) is 0 Å². The van der Waals surface area contributed by atoms with E-state index in [2.05, 4.69) is 14.0 Å². The number of hydrogen-bond donors (Lipinski definition) is 1. The van der Waals surface area contributed by atoms with Crippen molar-refractivity contribution < 1.29 is 31.5 Å². The second kappa shape index (κ2) is 9.20. The Bertz CT molecular complexity index is 566. The van der Waals surface area contributed by atoms with Gasteiger partial charge >= 0.3 is 5.97 Å². The zero-order valence-electron chi connectivity index (χ0n) is 15.9. The van der Waals surface area contributed by atoms with Gasteiger partial charge in [-0.05, 0) is 12.0 Å². The summed E-state index contributed by atoms with van der Waals surface area (Å²) >= 11 is 0. The van der Waals surface area contributed by atoms with Crippen molar-refractivity contribution in [2.75, 3.05) is 20.2 Å². The lowest BCUT2D eigenvalue weighted by Gasteiger charge is -2.47. The van der Waals surface area contributed by atoms with Crippen LogP contribution in [0.4, 0.5) is 0 Å². The van der Waals surface area contributed by atoms with E-state index in [0.717, 1.165) is 18.4 Å². The molecule has 2 saturated heterocycles. The average Bonchev–Trinajstić information content (AvgIpc) is 2.79. The van der Waals surface area contributed by atoms with Gasteiger partial charge in [0.25, 0.3) is 0 Å². The molecule has 0 spiro atoms. The number of benzene rings is 1. The average molecular weight is 382 g/mol. The monoisotopic (exact) mass is 381 g/mol. The summed E-state index contributed by atoms with van der Waals surface area (Å²) in [6.07, 6.45) is 6.96. The zero-order valence-corrected chi connectivity index (χ0v) is 16.7. The molecule has 2 heterocycles. The third-order valence-electron chi connectivity index (χ3n) is 6.52. The van der Waals surface area contributed by atoms with Gasteiger partial charge in [-0.2, -0.15) is 0 Å². The lowest BCUT2D eigenvalue weighted by molar-refractivity contribution is -0.949. The van der Waals surface area contributed by atoms with Gasteiger partial charge < -0.3 is 26.7 Å². The van der Waals surface area contributed by atoms with Gasteiger partial charge in [0.15, 0.2) is 0 Å². The molecule has 2 fully saturated rings. The van der Waals surface area contributed by atoms with Crippen LogP contribution >= 0.6 is 0 Å². The number of unbranched alkanes of at least 4 members (excludes halogenated alkanes) is 1. The SMILES string of the molecule is CCCC[N+]1(C)[C@@H]2CC[C@H]1CC(OC(=O)[C@H](CO)c1ccccc1)C2.[Cl-]. The molecule has 1 aromatic carbocycles. The maximum Gasteiger partial charge on any atom is 0.316 e. The van der Waals surface area contributed by atoms with Crippen LogP contribution in [0.5, 0.6) is 0 Å². The van der Waals surface area contributed by atoms with Gasteiger partial charge in [-0.1, -0.05) is 43.7 Å². The lowest BCUT2D eigenvalue weighted by Crippen LogP contribution is -3.00. The summed E-state index contributed by atoms with van der Waals surface area (Å²) in [5, 5.41) is 9.67. The maximum absolute atomic E-state index is 12.6. The summed E-state index contributed by atoms with van der Waals surface area (Å²) < 4.78 is 7.04. The van der Waals surface area contributed by atoms with E-state index in [1.807, 2.05) is 30.3 Å². The number of hydrogen-bond acceptors (Lipinski definition) is 3. The molecule has 2 unspecified atom stereocenters. The maximum atomic E-state index is 12.6. The molecule has 3 rings (SSSR count). The Morgan fingerprint density at radius 1 is 1.23 bits per heavy atom. The highest BCUT2D eigenvalue weighted by molar-refractivity contribution is 5.78. The first-order valence-electron chi connectivity index (χ1n) is 9.79. The molecule has 4 nitrogen and oxygen atoms in total. The Hall–Kier alpha value is -1.10. The molecule has 5 heteroatoms. The minimum atomic E-state index is -0.568. The predicted molar refractivity (Wildman–Crippen MR) is 98.2 cm³/mol. The van der Waals surface area contributed by atoms with E-state index in [1.54, 1.807) is 0 Å². The predicted octanol–water partition coefficient (Wildman–Crippen LogP) is 0.250. The number of fused-ring (bicyclic) bond motifs is 2. The zero-order chi connectivity index (χ0) is 17.9. The molecule has 0 amide bonds. The highest BCUT2D eigenvalue weighted by atomic mass is 35.5. The van der Waals surface area contributed by atoms with Crippen LogP contribution in [0.2, 0.25) is 0 Å². The first-order chi connectivity index (χ1) is 12.1. The highest BCUT2D eigenvalue weighted by Gasteiger charge is 2.52. The Labute approximate surface area is 163 Å². The Balaban J connectivity index is 0.00000243. The quantitative estimate of drug-likeness (QED) is 0.544. The number of quaternary nitrogens is 1. The van der Waals surface area contributed by atoms with E-state index >= 15 is 0 Å². The van der Waals surface area contributed by atoms with Gasteiger partial charge in [0, 0.05) is 25.7 Å². The number of rotatable bonds is 7. The number of esters is 1. The fraction of sp³-hybridized carbons (Fsp3) is 0.667. The molecule has 26 heavy (non-hydrogen) atoms. The lowest BCUT2D eigenvalue weighted by atomic mass is 9.95. The van der Waals surface area contributed by atoms with Crippen LogP contribution < -0.4 is 12.4 Å². The van der Waals surface area contributed by atoms with Crippen molar-refractivity contribution in [2.45, 2.75) is 69.6 Å². The number of aliphatic hydroxyl groups is 1. The summed E-state index contributed by atoms with van der Waals surface area (Å²) in [5.41, 5.74) is 0.831. The van der Waals surface area contributed by atoms with Gasteiger partial charge in [0.2, 0.25) is 0 Å². The minimum absolute atomic E-state index is 0. The molecule has 2 bridgehead atoms. The third kappa shape index (κ3) is 4.24. The second-order valence-electron chi connectivity index (χ2n) is 7.99. The highest BCUT2D eigenvalue weighted by Crippen LogP contribution is 2.42. The van der Waals surface area contributed by atoms with Crippen LogP contribution in [0.1, 0.15) is 56.9 Å². The Kier molecular flexibility index (Phi) is 7.51. The van der Waals surface area contributed by atoms with Crippen molar-refractivity contribution in [3.8, 4) is 0 Å². The molecule has 5 atom stereocenters. The number of carbonyl (C=O) groups excluding carboxylic acids is 1. The summed E-state index contributed by atoms with van der Waals surface area (Å²) in [6.45, 7) is 3.30. The largest absolute Gasteiger partial charge is 1.00 e. The molecular formula is C21H32ClNO3. The molecule has 0 aliphatic carbocycles. The fourth-order valence-electron chi connectivity index (χ4n) is 4.90. The molecule has 1 aromatic rings. The summed E-state index contributed by atoms with van der Waals surface area (Å²) in [5.74, 6) is -0.843. The molecule has 2 aliphatic rings. The topological polar surface area (TPSA) is 46.5 Å². The van der Waals surface area contributed by atoms with E-state index in [4.69, 9.17) is 4.74 Å². The molecule has 0 saturated carbocycles. The van der Waals surface area contributed by atoms with E-state index in [-0.39, 0.29) is 31.1 Å². The van der Waals surface area contributed by atoms with Crippen molar-refractivity contribution in [3.05, 3.63) is 35.9 Å². The fourth-order valence-corrected chi connectivity index (χ4v) is 4.90. The number of ether oxygens (including phenoxy) is 1. The summed E-state index contributed by atoms with van der Waals surface area (Å²) in [7, 11) is 2.40.